The molecule has 0 N–H and O–H groups in total. The quantitative estimate of drug-likeness (QED) is 0.581. The number of rotatable bonds is 3. The second-order valence-corrected chi connectivity index (χ2v) is 2.40. The van der Waals surface area contributed by atoms with Crippen molar-refractivity contribution in [2.45, 2.75) is 19.5 Å². The highest BCUT2D eigenvalue weighted by atomic mass is 16.3. The summed E-state index contributed by atoms with van der Waals surface area (Å²) in [4.78, 5) is 20.1. The second kappa shape index (κ2) is 3.18. The first kappa shape index (κ1) is 7.78. The van der Waals surface area contributed by atoms with E-state index < -0.39 is 6.17 Å². The number of nitroso groups, excluding NO2 is 2. The van der Waals surface area contributed by atoms with Gasteiger partial charge in [-0.05, 0) is 34.8 Å². The van der Waals surface area contributed by atoms with Crippen molar-refractivity contribution >= 4 is 0 Å². The molecule has 1 aliphatic carbocycles. The van der Waals surface area contributed by atoms with E-state index in [0.717, 1.165) is 11.1 Å². The van der Waals surface area contributed by atoms with E-state index in [0.29, 0.717) is 6.42 Å². The van der Waals surface area contributed by atoms with Gasteiger partial charge in [-0.2, -0.15) is 0 Å². The summed E-state index contributed by atoms with van der Waals surface area (Å²) in [5.74, 6) is 0. The van der Waals surface area contributed by atoms with Crippen LogP contribution in [0.3, 0.4) is 0 Å². The maximum atomic E-state index is 10.1. The van der Waals surface area contributed by atoms with Gasteiger partial charge in [-0.1, -0.05) is 12.2 Å². The third-order valence-corrected chi connectivity index (χ3v) is 1.72. The monoisotopic (exact) mass is 152 g/mol. The summed E-state index contributed by atoms with van der Waals surface area (Å²) in [6.07, 6.45) is 3.34. The van der Waals surface area contributed by atoms with Crippen LogP contribution < -0.4 is 0 Å². The summed E-state index contributed by atoms with van der Waals surface area (Å²) in [5.41, 5.74) is 1.64. The lowest BCUT2D eigenvalue weighted by Gasteiger charge is -2.01. The van der Waals surface area contributed by atoms with Crippen molar-refractivity contribution in [2.75, 3.05) is 0 Å². The molecule has 1 aliphatic rings. The van der Waals surface area contributed by atoms with E-state index in [1.54, 1.807) is 0 Å². The molecule has 0 amide bonds. The van der Waals surface area contributed by atoms with Gasteiger partial charge < -0.3 is 0 Å². The van der Waals surface area contributed by atoms with Crippen LogP contribution >= 0.6 is 0 Å². The fourth-order valence-electron chi connectivity index (χ4n) is 1.09. The summed E-state index contributed by atoms with van der Waals surface area (Å²) in [6.45, 7) is 1.84. The van der Waals surface area contributed by atoms with Gasteiger partial charge in [0.15, 0.2) is 0 Å². The third kappa shape index (κ3) is 1.39. The average molecular weight is 152 g/mol. The molecule has 0 radical (unpaired) electrons. The molecule has 0 saturated carbocycles. The minimum atomic E-state index is -1.02. The molecule has 1 rings (SSSR count). The summed E-state index contributed by atoms with van der Waals surface area (Å²) >= 11 is 0. The van der Waals surface area contributed by atoms with E-state index in [1.807, 2.05) is 19.1 Å². The lowest BCUT2D eigenvalue weighted by Crippen LogP contribution is -2.02. The van der Waals surface area contributed by atoms with Crippen molar-refractivity contribution in [3.63, 3.8) is 0 Å². The van der Waals surface area contributed by atoms with Gasteiger partial charge in [0.2, 0.25) is 6.17 Å². The molecule has 0 heterocycles. The summed E-state index contributed by atoms with van der Waals surface area (Å²) in [6, 6.07) is 0. The molecular weight excluding hydrogens is 144 g/mol. The normalized spacial score (nSPS) is 16.2. The number of nitrogens with zero attached hydrogens (tertiary/aromatic N) is 2. The SMILES string of the molecule is CC1=C(C(N=O)N=O)CC=C1. The van der Waals surface area contributed by atoms with Crippen LogP contribution in [0.15, 0.2) is 33.7 Å². The largest absolute Gasteiger partial charge is 0.244 e. The van der Waals surface area contributed by atoms with Crippen LogP contribution in [-0.2, 0) is 0 Å². The van der Waals surface area contributed by atoms with Crippen molar-refractivity contribution in [1.29, 1.82) is 0 Å². The zero-order chi connectivity index (χ0) is 8.27. The molecule has 11 heavy (non-hydrogen) atoms. The predicted octanol–water partition coefficient (Wildman–Crippen LogP) is 2.12. The van der Waals surface area contributed by atoms with Gasteiger partial charge in [0, 0.05) is 0 Å². The van der Waals surface area contributed by atoms with E-state index in [2.05, 4.69) is 10.4 Å². The first-order valence-electron chi connectivity index (χ1n) is 3.30. The van der Waals surface area contributed by atoms with Gasteiger partial charge in [-0.25, -0.2) is 0 Å². The number of allylic oxidation sites excluding steroid dienone is 3. The van der Waals surface area contributed by atoms with Gasteiger partial charge in [-0.3, -0.25) is 0 Å². The molecule has 0 unspecified atom stereocenters. The van der Waals surface area contributed by atoms with Crippen molar-refractivity contribution in [1.82, 2.24) is 0 Å². The Balaban J connectivity index is 2.82. The van der Waals surface area contributed by atoms with Crippen LogP contribution in [-0.4, -0.2) is 6.17 Å². The average Bonchev–Trinajstić information content (AvgIpc) is 2.40. The molecule has 0 atom stereocenters. The molecule has 0 spiro atoms. The van der Waals surface area contributed by atoms with E-state index in [9.17, 15) is 9.81 Å². The molecule has 0 bridgehead atoms. The molecule has 4 heteroatoms. The van der Waals surface area contributed by atoms with E-state index in [1.165, 1.54) is 0 Å². The standard InChI is InChI=1S/C7H8N2O2/c1-5-3-2-4-6(5)7(8-10)9-11/h2-3,7H,4H2,1H3. The lowest BCUT2D eigenvalue weighted by atomic mass is 10.1. The lowest BCUT2D eigenvalue weighted by molar-refractivity contribution is 0.783. The molecule has 0 aromatic heterocycles. The second-order valence-electron chi connectivity index (χ2n) is 2.40. The fraction of sp³-hybridized carbons (Fsp3) is 0.429. The maximum absolute atomic E-state index is 10.1. The van der Waals surface area contributed by atoms with Crippen LogP contribution in [0.4, 0.5) is 0 Å². The Bertz CT molecular complexity index is 235. The molecule has 0 saturated heterocycles. The molecule has 0 aromatic rings. The molecular formula is C7H8N2O2. The van der Waals surface area contributed by atoms with Crippen LogP contribution in [0.2, 0.25) is 0 Å². The zero-order valence-electron chi connectivity index (χ0n) is 6.15. The van der Waals surface area contributed by atoms with Gasteiger partial charge in [0.05, 0.1) is 0 Å². The summed E-state index contributed by atoms with van der Waals surface area (Å²) < 4.78 is 0. The van der Waals surface area contributed by atoms with Crippen molar-refractivity contribution < 1.29 is 0 Å². The number of hydrogen-bond donors (Lipinski definition) is 0. The van der Waals surface area contributed by atoms with Crippen molar-refractivity contribution in [2.24, 2.45) is 10.4 Å². The molecule has 0 aliphatic heterocycles. The Morgan fingerprint density at radius 3 is 2.45 bits per heavy atom. The van der Waals surface area contributed by atoms with Crippen LogP contribution in [0.1, 0.15) is 13.3 Å². The summed E-state index contributed by atoms with van der Waals surface area (Å²) in [7, 11) is 0. The molecule has 4 nitrogen and oxygen atoms in total. The minimum Gasteiger partial charge on any atom is -0.148 e. The molecule has 0 aromatic carbocycles. The van der Waals surface area contributed by atoms with E-state index >= 15 is 0 Å². The van der Waals surface area contributed by atoms with Gasteiger partial charge in [0.1, 0.15) is 0 Å². The fourth-order valence-corrected chi connectivity index (χ4v) is 1.09. The number of hydrogen-bond acceptors (Lipinski definition) is 4. The van der Waals surface area contributed by atoms with Crippen LogP contribution in [0.25, 0.3) is 0 Å². The van der Waals surface area contributed by atoms with Crippen molar-refractivity contribution in [3.05, 3.63) is 33.1 Å². The predicted molar refractivity (Wildman–Crippen MR) is 41.8 cm³/mol. The van der Waals surface area contributed by atoms with Crippen LogP contribution in [0, 0.1) is 9.81 Å². The molecule has 58 valence electrons. The third-order valence-electron chi connectivity index (χ3n) is 1.72. The Hall–Kier alpha value is -1.32. The van der Waals surface area contributed by atoms with E-state index in [-0.39, 0.29) is 0 Å². The molecule has 0 fully saturated rings. The topological polar surface area (TPSA) is 58.9 Å². The van der Waals surface area contributed by atoms with Gasteiger partial charge in [-0.15, -0.1) is 9.81 Å². The Kier molecular flexibility index (Phi) is 2.25. The Morgan fingerprint density at radius 2 is 2.09 bits per heavy atom. The highest BCUT2D eigenvalue weighted by Gasteiger charge is 2.18. The van der Waals surface area contributed by atoms with Crippen molar-refractivity contribution in [3.8, 4) is 0 Å². The summed E-state index contributed by atoms with van der Waals surface area (Å²) in [5, 5.41) is 5.22. The Labute approximate surface area is 63.9 Å². The smallest absolute Gasteiger partial charge is 0.148 e. The first-order valence-corrected chi connectivity index (χ1v) is 3.30. The minimum absolute atomic E-state index is 0.619. The van der Waals surface area contributed by atoms with E-state index in [4.69, 9.17) is 0 Å². The van der Waals surface area contributed by atoms with Gasteiger partial charge >= 0.3 is 0 Å². The highest BCUT2D eigenvalue weighted by Crippen LogP contribution is 2.23. The van der Waals surface area contributed by atoms with Gasteiger partial charge in [0.25, 0.3) is 0 Å². The zero-order valence-corrected chi connectivity index (χ0v) is 6.15. The highest BCUT2D eigenvalue weighted by molar-refractivity contribution is 5.35. The Morgan fingerprint density at radius 1 is 1.45 bits per heavy atom. The van der Waals surface area contributed by atoms with Crippen LogP contribution in [0.5, 0.6) is 0 Å². The first-order chi connectivity index (χ1) is 5.29. The maximum Gasteiger partial charge on any atom is 0.244 e.